The Morgan fingerprint density at radius 3 is 2.27 bits per heavy atom. The monoisotopic (exact) mass is 211 g/mol. The van der Waals surface area contributed by atoms with Crippen molar-refractivity contribution in [1.29, 1.82) is 0 Å². The van der Waals surface area contributed by atoms with E-state index in [1.165, 1.54) is 32.2 Å². The van der Waals surface area contributed by atoms with E-state index in [0.29, 0.717) is 5.41 Å². The highest BCUT2D eigenvalue weighted by molar-refractivity contribution is 4.96. The van der Waals surface area contributed by atoms with Crippen LogP contribution in [0.25, 0.3) is 0 Å². The molecule has 0 aliphatic heterocycles. The first kappa shape index (κ1) is 13.0. The maximum atomic E-state index is 3.75. The summed E-state index contributed by atoms with van der Waals surface area (Å²) in [4.78, 5) is 0. The van der Waals surface area contributed by atoms with Gasteiger partial charge in [-0.15, -0.1) is 0 Å². The van der Waals surface area contributed by atoms with Crippen LogP contribution < -0.4 is 5.32 Å². The fraction of sp³-hybridized carbons (Fsp3) is 1.00. The van der Waals surface area contributed by atoms with Crippen LogP contribution in [0.15, 0.2) is 0 Å². The molecule has 0 spiro atoms. The van der Waals surface area contributed by atoms with Gasteiger partial charge in [0.1, 0.15) is 0 Å². The summed E-state index contributed by atoms with van der Waals surface area (Å²) < 4.78 is 0. The lowest BCUT2D eigenvalue weighted by Gasteiger charge is -2.20. The Kier molecular flexibility index (Phi) is 4.64. The molecule has 3 unspecified atom stereocenters. The normalized spacial score (nSPS) is 27.4. The van der Waals surface area contributed by atoms with Crippen LogP contribution in [0.2, 0.25) is 0 Å². The van der Waals surface area contributed by atoms with Gasteiger partial charge in [-0.25, -0.2) is 0 Å². The van der Waals surface area contributed by atoms with Crippen molar-refractivity contribution >= 4 is 0 Å². The van der Waals surface area contributed by atoms with Gasteiger partial charge >= 0.3 is 0 Å². The van der Waals surface area contributed by atoms with Gasteiger partial charge in [0.15, 0.2) is 0 Å². The zero-order chi connectivity index (χ0) is 11.5. The molecule has 1 saturated carbocycles. The molecule has 1 aliphatic carbocycles. The third kappa shape index (κ3) is 4.14. The van der Waals surface area contributed by atoms with Crippen LogP contribution in [0.5, 0.6) is 0 Å². The molecule has 1 N–H and O–H groups in total. The molecule has 1 rings (SSSR count). The molecule has 1 fully saturated rings. The minimum Gasteiger partial charge on any atom is -0.314 e. The third-order valence-corrected chi connectivity index (χ3v) is 4.25. The van der Waals surface area contributed by atoms with E-state index in [-0.39, 0.29) is 0 Å². The van der Waals surface area contributed by atoms with E-state index in [1.807, 2.05) is 0 Å². The van der Waals surface area contributed by atoms with E-state index in [1.54, 1.807) is 0 Å². The van der Waals surface area contributed by atoms with Crippen LogP contribution in [0.3, 0.4) is 0 Å². The predicted octanol–water partition coefficient (Wildman–Crippen LogP) is 3.84. The molecular formula is C14H29N. The van der Waals surface area contributed by atoms with Crippen molar-refractivity contribution in [2.24, 2.45) is 17.3 Å². The van der Waals surface area contributed by atoms with Crippen molar-refractivity contribution in [1.82, 2.24) is 5.32 Å². The quantitative estimate of drug-likeness (QED) is 0.674. The van der Waals surface area contributed by atoms with Gasteiger partial charge in [-0.2, -0.15) is 0 Å². The van der Waals surface area contributed by atoms with Crippen molar-refractivity contribution in [2.45, 2.75) is 66.3 Å². The van der Waals surface area contributed by atoms with Gasteiger partial charge in [0.25, 0.3) is 0 Å². The van der Waals surface area contributed by atoms with Crippen molar-refractivity contribution < 1.29 is 0 Å². The smallest absolute Gasteiger partial charge is 0.00670 e. The maximum absolute atomic E-state index is 3.75. The highest BCUT2D eigenvalue weighted by atomic mass is 14.9. The zero-order valence-electron chi connectivity index (χ0n) is 11.3. The molecule has 15 heavy (non-hydrogen) atoms. The van der Waals surface area contributed by atoms with E-state index >= 15 is 0 Å². The van der Waals surface area contributed by atoms with Gasteiger partial charge in [0.05, 0.1) is 0 Å². The maximum Gasteiger partial charge on any atom is 0.00670 e. The Balaban J connectivity index is 2.17. The van der Waals surface area contributed by atoms with Gasteiger partial charge in [0.2, 0.25) is 0 Å². The molecule has 0 aromatic rings. The second kappa shape index (κ2) is 5.34. The standard InChI is InChI=1S/C14H29N/c1-6-11(3)8-13(7-2)15-10-12-9-14(12,4)5/h11-13,15H,6-10H2,1-5H3. The molecule has 0 aromatic carbocycles. The van der Waals surface area contributed by atoms with E-state index in [2.05, 4.69) is 39.9 Å². The first-order chi connectivity index (χ1) is 6.99. The molecule has 0 saturated heterocycles. The second-order valence-corrected chi connectivity index (χ2v) is 6.15. The Morgan fingerprint density at radius 2 is 1.87 bits per heavy atom. The summed E-state index contributed by atoms with van der Waals surface area (Å²) in [6.07, 6.45) is 5.35. The highest BCUT2D eigenvalue weighted by Crippen LogP contribution is 2.51. The molecule has 1 aliphatic rings. The molecule has 0 aromatic heterocycles. The first-order valence-corrected chi connectivity index (χ1v) is 6.73. The van der Waals surface area contributed by atoms with Crippen LogP contribution in [0.4, 0.5) is 0 Å². The molecule has 0 heterocycles. The van der Waals surface area contributed by atoms with Gasteiger partial charge in [0, 0.05) is 6.04 Å². The topological polar surface area (TPSA) is 12.0 Å². The molecule has 0 amide bonds. The Hall–Kier alpha value is -0.0400. The molecule has 0 radical (unpaired) electrons. The van der Waals surface area contributed by atoms with Crippen molar-refractivity contribution in [2.75, 3.05) is 6.54 Å². The number of hydrogen-bond acceptors (Lipinski definition) is 1. The number of hydrogen-bond donors (Lipinski definition) is 1. The lowest BCUT2D eigenvalue weighted by Crippen LogP contribution is -2.32. The minimum absolute atomic E-state index is 0.627. The SMILES string of the molecule is CCC(C)CC(CC)NCC1CC1(C)C. The number of rotatable bonds is 7. The van der Waals surface area contributed by atoms with Crippen molar-refractivity contribution in [3.05, 3.63) is 0 Å². The van der Waals surface area contributed by atoms with Gasteiger partial charge in [-0.1, -0.05) is 41.0 Å². The van der Waals surface area contributed by atoms with Gasteiger partial charge in [-0.05, 0) is 43.1 Å². The summed E-state index contributed by atoms with van der Waals surface area (Å²) in [6.45, 7) is 13.0. The first-order valence-electron chi connectivity index (χ1n) is 6.73. The Morgan fingerprint density at radius 1 is 1.27 bits per heavy atom. The lowest BCUT2D eigenvalue weighted by molar-refractivity contribution is 0.371. The van der Waals surface area contributed by atoms with E-state index in [0.717, 1.165) is 17.9 Å². The third-order valence-electron chi connectivity index (χ3n) is 4.25. The van der Waals surface area contributed by atoms with Crippen LogP contribution >= 0.6 is 0 Å². The summed E-state index contributed by atoms with van der Waals surface area (Å²) in [5.41, 5.74) is 0.627. The summed E-state index contributed by atoms with van der Waals surface area (Å²) >= 11 is 0. The Labute approximate surface area is 96.0 Å². The predicted molar refractivity (Wildman–Crippen MR) is 68.0 cm³/mol. The zero-order valence-corrected chi connectivity index (χ0v) is 11.3. The molecule has 90 valence electrons. The minimum atomic E-state index is 0.627. The van der Waals surface area contributed by atoms with E-state index in [4.69, 9.17) is 0 Å². The van der Waals surface area contributed by atoms with E-state index < -0.39 is 0 Å². The summed E-state index contributed by atoms with van der Waals surface area (Å²) in [6, 6.07) is 0.747. The highest BCUT2D eigenvalue weighted by Gasteiger charge is 2.44. The fourth-order valence-corrected chi connectivity index (χ4v) is 2.28. The van der Waals surface area contributed by atoms with Gasteiger partial charge in [-0.3, -0.25) is 0 Å². The van der Waals surface area contributed by atoms with Crippen LogP contribution in [0, 0.1) is 17.3 Å². The average Bonchev–Trinajstić information content (AvgIpc) is 2.80. The second-order valence-electron chi connectivity index (χ2n) is 6.15. The van der Waals surface area contributed by atoms with Crippen molar-refractivity contribution in [3.63, 3.8) is 0 Å². The molecule has 3 atom stereocenters. The molecular weight excluding hydrogens is 182 g/mol. The number of nitrogens with one attached hydrogen (secondary N) is 1. The Bertz CT molecular complexity index is 186. The largest absolute Gasteiger partial charge is 0.314 e. The van der Waals surface area contributed by atoms with Crippen LogP contribution in [-0.4, -0.2) is 12.6 Å². The van der Waals surface area contributed by atoms with Gasteiger partial charge < -0.3 is 5.32 Å². The molecule has 0 bridgehead atoms. The summed E-state index contributed by atoms with van der Waals surface area (Å²) in [5.74, 6) is 1.80. The molecule has 1 heteroatoms. The van der Waals surface area contributed by atoms with Crippen LogP contribution in [-0.2, 0) is 0 Å². The lowest BCUT2D eigenvalue weighted by atomic mass is 9.97. The van der Waals surface area contributed by atoms with Crippen LogP contribution in [0.1, 0.15) is 60.3 Å². The summed E-state index contributed by atoms with van der Waals surface area (Å²) in [5, 5.41) is 3.75. The van der Waals surface area contributed by atoms with Crippen molar-refractivity contribution in [3.8, 4) is 0 Å². The van der Waals surface area contributed by atoms with E-state index in [9.17, 15) is 0 Å². The molecule has 1 nitrogen and oxygen atoms in total. The fourth-order valence-electron chi connectivity index (χ4n) is 2.28. The summed E-state index contributed by atoms with van der Waals surface area (Å²) in [7, 11) is 0. The average molecular weight is 211 g/mol.